The Hall–Kier alpha value is -4.12. The Balaban J connectivity index is 0.000000454. The predicted molar refractivity (Wildman–Crippen MR) is 125 cm³/mol. The van der Waals surface area contributed by atoms with Crippen molar-refractivity contribution >= 4 is 18.0 Å². The molecule has 0 unspecified atom stereocenters. The van der Waals surface area contributed by atoms with E-state index in [-0.39, 0.29) is 11.9 Å². The number of aromatic nitrogens is 2. The number of ether oxygens (including phenoxy) is 1. The molecule has 0 bridgehead atoms. The first-order valence-corrected chi connectivity index (χ1v) is 10.7. The summed E-state index contributed by atoms with van der Waals surface area (Å²) in [7, 11) is 1.61. The molecule has 3 N–H and O–H groups in total. The number of methoxy groups -OCH3 is 1. The van der Waals surface area contributed by atoms with Crippen molar-refractivity contribution in [1.29, 1.82) is 0 Å². The number of benzene rings is 2. The number of amides is 1. The predicted octanol–water partition coefficient (Wildman–Crippen LogP) is 3.61. The zero-order valence-electron chi connectivity index (χ0n) is 19.4. The lowest BCUT2D eigenvalue weighted by Gasteiger charge is -2.16. The van der Waals surface area contributed by atoms with E-state index in [9.17, 15) is 23.1 Å². The number of alkyl halides is 3. The van der Waals surface area contributed by atoms with Crippen LogP contribution in [0.4, 0.5) is 13.2 Å². The highest BCUT2D eigenvalue weighted by atomic mass is 19.4. The van der Waals surface area contributed by atoms with E-state index in [1.807, 2.05) is 60.2 Å². The molecular weight excluding hydrogens is 479 g/mol. The lowest BCUT2D eigenvalue weighted by molar-refractivity contribution is -0.192. The van der Waals surface area contributed by atoms with Crippen LogP contribution in [0.3, 0.4) is 0 Å². The summed E-state index contributed by atoms with van der Waals surface area (Å²) in [5.74, 6) is -2.32. The highest BCUT2D eigenvalue weighted by molar-refractivity contribution is 5.92. The second-order valence-electron chi connectivity index (χ2n) is 7.95. The van der Waals surface area contributed by atoms with Crippen LogP contribution in [-0.2, 0) is 16.0 Å². The molecule has 0 aliphatic heterocycles. The molecule has 1 aromatic heterocycles. The van der Waals surface area contributed by atoms with Gasteiger partial charge in [0.05, 0.1) is 37.0 Å². The Bertz CT molecular complexity index is 1270. The largest absolute Gasteiger partial charge is 0.495 e. The van der Waals surface area contributed by atoms with Gasteiger partial charge in [-0.1, -0.05) is 30.3 Å². The van der Waals surface area contributed by atoms with Crippen molar-refractivity contribution in [2.75, 3.05) is 7.11 Å². The lowest BCUT2D eigenvalue weighted by atomic mass is 10.1. The van der Waals surface area contributed by atoms with Gasteiger partial charge in [0.1, 0.15) is 5.75 Å². The Labute approximate surface area is 204 Å². The van der Waals surface area contributed by atoms with Crippen molar-refractivity contribution in [3.05, 3.63) is 83.4 Å². The number of halogens is 3. The number of aryl methyl sites for hydroxylation is 1. The molecule has 2 aromatic carbocycles. The van der Waals surface area contributed by atoms with Crippen LogP contribution in [0.25, 0.3) is 11.8 Å². The molecule has 1 aliphatic rings. The zero-order chi connectivity index (χ0) is 26.5. The number of imidazole rings is 1. The van der Waals surface area contributed by atoms with Gasteiger partial charge in [-0.05, 0) is 41.8 Å². The first-order chi connectivity index (χ1) is 17.0. The number of hydrogen-bond acceptors (Lipinski definition) is 5. The van der Waals surface area contributed by atoms with Crippen molar-refractivity contribution in [2.45, 2.75) is 31.7 Å². The molecule has 0 radical (unpaired) electrons. The molecule has 0 saturated carbocycles. The lowest BCUT2D eigenvalue weighted by Crippen LogP contribution is -2.32. The molecule has 190 valence electrons. The topological polar surface area (TPSA) is 114 Å². The molecule has 8 nitrogen and oxygen atoms in total. The van der Waals surface area contributed by atoms with E-state index in [1.165, 1.54) is 6.08 Å². The minimum Gasteiger partial charge on any atom is -0.495 e. The van der Waals surface area contributed by atoms with Crippen molar-refractivity contribution in [3.8, 4) is 11.4 Å². The molecule has 0 fully saturated rings. The molecule has 1 heterocycles. The quantitative estimate of drug-likeness (QED) is 0.459. The van der Waals surface area contributed by atoms with Gasteiger partial charge in [0.25, 0.3) is 0 Å². The van der Waals surface area contributed by atoms with Crippen LogP contribution in [0.15, 0.2) is 61.1 Å². The van der Waals surface area contributed by atoms with Crippen LogP contribution in [0.1, 0.15) is 28.4 Å². The summed E-state index contributed by atoms with van der Waals surface area (Å²) in [4.78, 5) is 25.6. The van der Waals surface area contributed by atoms with Crippen LogP contribution < -0.4 is 10.1 Å². The van der Waals surface area contributed by atoms with Gasteiger partial charge in [-0.3, -0.25) is 4.79 Å². The monoisotopic (exact) mass is 503 g/mol. The molecule has 4 rings (SSSR count). The maximum Gasteiger partial charge on any atom is 0.490 e. The van der Waals surface area contributed by atoms with Crippen molar-refractivity contribution in [3.63, 3.8) is 0 Å². The second kappa shape index (κ2) is 11.1. The molecule has 11 heteroatoms. The molecule has 1 aliphatic carbocycles. The number of carbonyl (C=O) groups excluding carboxylic acids is 1. The van der Waals surface area contributed by atoms with Gasteiger partial charge >= 0.3 is 12.1 Å². The number of carboxylic acid groups (broad SMARTS) is 1. The summed E-state index contributed by atoms with van der Waals surface area (Å²) in [6, 6.07) is 13.1. The Morgan fingerprint density at radius 1 is 1.22 bits per heavy atom. The molecule has 2 atom stereocenters. The summed E-state index contributed by atoms with van der Waals surface area (Å²) in [6.45, 7) is 1.93. The van der Waals surface area contributed by atoms with Crippen molar-refractivity contribution in [2.24, 2.45) is 0 Å². The third-order valence-electron chi connectivity index (χ3n) is 5.37. The maximum absolute atomic E-state index is 12.4. The van der Waals surface area contributed by atoms with Crippen LogP contribution >= 0.6 is 0 Å². The summed E-state index contributed by atoms with van der Waals surface area (Å²) >= 11 is 0. The third-order valence-corrected chi connectivity index (χ3v) is 5.37. The minimum atomic E-state index is -5.08. The molecule has 0 spiro atoms. The van der Waals surface area contributed by atoms with E-state index in [2.05, 4.69) is 10.3 Å². The first kappa shape index (κ1) is 26.5. The first-order valence-electron chi connectivity index (χ1n) is 10.7. The van der Waals surface area contributed by atoms with E-state index in [4.69, 9.17) is 14.6 Å². The number of nitrogens with one attached hydrogen (secondary N) is 1. The average Bonchev–Trinajstić information content (AvgIpc) is 3.40. The standard InChI is InChI=1S/C23H23N3O3.C2HF3O2/c1-15-13-26(14-24-15)19-9-7-16(11-21(19)29-2)8-10-22(28)25-23-18-6-4-3-5-17(18)12-20(23)27;3-2(4,5)1(6)7/h3-11,13-14,20,23,27H,12H2,1-2H3,(H,25,28);(H,6,7)/b10-8+;/t20-,23+;/m1./s1. The van der Waals surface area contributed by atoms with Crippen LogP contribution in [-0.4, -0.2) is 51.0 Å². The number of nitrogens with zero attached hydrogens (tertiary/aromatic N) is 2. The highest BCUT2D eigenvalue weighted by Crippen LogP contribution is 2.31. The third kappa shape index (κ3) is 6.51. The number of hydrogen-bond donors (Lipinski definition) is 3. The number of carboxylic acids is 1. The van der Waals surface area contributed by atoms with Crippen LogP contribution in [0, 0.1) is 6.92 Å². The van der Waals surface area contributed by atoms with Gasteiger partial charge in [-0.2, -0.15) is 13.2 Å². The number of aliphatic hydroxyl groups excluding tert-OH is 1. The number of rotatable bonds is 5. The maximum atomic E-state index is 12.4. The van der Waals surface area contributed by atoms with Gasteiger partial charge in [0.2, 0.25) is 5.91 Å². The molecule has 1 amide bonds. The second-order valence-corrected chi connectivity index (χ2v) is 7.95. The van der Waals surface area contributed by atoms with Crippen molar-refractivity contribution < 1.29 is 37.7 Å². The van der Waals surface area contributed by atoms with Gasteiger partial charge in [-0.25, -0.2) is 9.78 Å². The van der Waals surface area contributed by atoms with Gasteiger partial charge in [0.15, 0.2) is 0 Å². The summed E-state index contributed by atoms with van der Waals surface area (Å²) in [5.41, 5.74) is 4.68. The number of aliphatic carboxylic acids is 1. The van der Waals surface area contributed by atoms with Gasteiger partial charge in [-0.15, -0.1) is 0 Å². The fourth-order valence-electron chi connectivity index (χ4n) is 3.69. The van der Waals surface area contributed by atoms with E-state index in [0.29, 0.717) is 12.2 Å². The van der Waals surface area contributed by atoms with E-state index in [0.717, 1.165) is 28.1 Å². The Morgan fingerprint density at radius 3 is 2.53 bits per heavy atom. The SMILES string of the molecule is COc1cc(/C=C/C(=O)N[C@H]2c3ccccc3C[C@H]2O)ccc1-n1cnc(C)c1.O=C(O)C(F)(F)F. The smallest absolute Gasteiger partial charge is 0.490 e. The number of carbonyl (C=O) groups is 2. The fourth-order valence-corrected chi connectivity index (χ4v) is 3.69. The number of aliphatic hydroxyl groups is 1. The average molecular weight is 503 g/mol. The fraction of sp³-hybridized carbons (Fsp3) is 0.240. The van der Waals surface area contributed by atoms with Crippen LogP contribution in [0.2, 0.25) is 0 Å². The Kier molecular flexibility index (Phi) is 8.15. The van der Waals surface area contributed by atoms with Crippen molar-refractivity contribution in [1.82, 2.24) is 14.9 Å². The van der Waals surface area contributed by atoms with E-state index >= 15 is 0 Å². The van der Waals surface area contributed by atoms with Crippen LogP contribution in [0.5, 0.6) is 5.75 Å². The molecular formula is C25H24F3N3O5. The number of fused-ring (bicyclic) bond motifs is 1. The van der Waals surface area contributed by atoms with E-state index in [1.54, 1.807) is 19.5 Å². The molecule has 0 saturated heterocycles. The van der Waals surface area contributed by atoms with Gasteiger partial charge in [0, 0.05) is 18.7 Å². The normalized spacial score (nSPS) is 16.7. The minimum absolute atomic E-state index is 0.251. The zero-order valence-corrected chi connectivity index (χ0v) is 19.4. The van der Waals surface area contributed by atoms with E-state index < -0.39 is 18.2 Å². The molecule has 36 heavy (non-hydrogen) atoms. The Morgan fingerprint density at radius 2 is 1.92 bits per heavy atom. The van der Waals surface area contributed by atoms with Gasteiger partial charge < -0.3 is 24.8 Å². The summed E-state index contributed by atoms with van der Waals surface area (Å²) in [5, 5.41) is 20.3. The molecule has 3 aromatic rings. The highest BCUT2D eigenvalue weighted by Gasteiger charge is 2.38. The summed E-state index contributed by atoms with van der Waals surface area (Å²) < 4.78 is 39.1. The summed E-state index contributed by atoms with van der Waals surface area (Å²) in [6.07, 6.45) is 1.73.